The minimum atomic E-state index is -0.899. The summed E-state index contributed by atoms with van der Waals surface area (Å²) in [6.07, 6.45) is 0. The van der Waals surface area contributed by atoms with E-state index in [0.29, 0.717) is 21.9 Å². The molecule has 4 rings (SSSR count). The van der Waals surface area contributed by atoms with E-state index in [1.54, 1.807) is 13.8 Å². The van der Waals surface area contributed by atoms with Crippen LogP contribution in [0.1, 0.15) is 11.1 Å². The van der Waals surface area contributed by atoms with Crippen molar-refractivity contribution in [1.29, 1.82) is 0 Å². The summed E-state index contributed by atoms with van der Waals surface area (Å²) in [6, 6.07) is 5.39. The van der Waals surface area contributed by atoms with Crippen molar-refractivity contribution in [3.8, 4) is 34.1 Å². The normalized spacial score (nSPS) is 11.4. The monoisotopic (exact) mass is 382 g/mol. The molecular weight excluding hydrogens is 368 g/mol. The fraction of sp³-hybridized carbons (Fsp3) is 0.100. The second-order valence-corrected chi connectivity index (χ2v) is 6.40. The third kappa shape index (κ3) is 2.24. The Bertz CT molecular complexity index is 1300. The molecule has 8 nitrogen and oxygen atoms in total. The van der Waals surface area contributed by atoms with Gasteiger partial charge in [-0.2, -0.15) is 0 Å². The molecule has 0 fully saturated rings. The summed E-state index contributed by atoms with van der Waals surface area (Å²) >= 11 is 0. The Morgan fingerprint density at radius 2 is 1.00 bits per heavy atom. The Kier molecular flexibility index (Phi) is 3.61. The maximum Gasteiger partial charge on any atom is 0.344 e. The third-order valence-corrected chi connectivity index (χ3v) is 4.83. The summed E-state index contributed by atoms with van der Waals surface area (Å²) in [6.45, 7) is 3.14. The zero-order valence-electron chi connectivity index (χ0n) is 14.7. The molecule has 0 spiro atoms. The summed E-state index contributed by atoms with van der Waals surface area (Å²) in [4.78, 5) is 25.3. The van der Waals surface area contributed by atoms with Crippen molar-refractivity contribution in [1.82, 2.24) is 0 Å². The first-order valence-electron chi connectivity index (χ1n) is 8.19. The van der Waals surface area contributed by atoms with Gasteiger partial charge in [-0.3, -0.25) is 0 Å². The molecule has 0 radical (unpaired) electrons. The van der Waals surface area contributed by atoms with Gasteiger partial charge in [0.15, 0.2) is 22.7 Å². The van der Waals surface area contributed by atoms with E-state index in [9.17, 15) is 30.0 Å². The number of phenols is 4. The van der Waals surface area contributed by atoms with E-state index in [-0.39, 0.29) is 22.3 Å². The Balaban J connectivity index is 2.16. The Morgan fingerprint density at radius 1 is 0.643 bits per heavy atom. The van der Waals surface area contributed by atoms with Crippen LogP contribution in [0.5, 0.6) is 23.0 Å². The third-order valence-electron chi connectivity index (χ3n) is 4.83. The largest absolute Gasteiger partial charge is 0.504 e. The van der Waals surface area contributed by atoms with E-state index in [2.05, 4.69) is 0 Å². The van der Waals surface area contributed by atoms with Crippen LogP contribution >= 0.6 is 0 Å². The molecule has 0 aliphatic carbocycles. The molecule has 142 valence electrons. The van der Waals surface area contributed by atoms with Crippen LogP contribution in [-0.4, -0.2) is 20.4 Å². The SMILES string of the molecule is Cc1c(-c2c(C)c3ccc(O)c(O)c3oc2=O)c(=O)oc2c(O)c(O)ccc12. The van der Waals surface area contributed by atoms with E-state index in [1.165, 1.54) is 24.3 Å². The Morgan fingerprint density at radius 3 is 1.36 bits per heavy atom. The highest BCUT2D eigenvalue weighted by Crippen LogP contribution is 2.39. The van der Waals surface area contributed by atoms with Crippen molar-refractivity contribution in [2.45, 2.75) is 13.8 Å². The predicted molar refractivity (Wildman–Crippen MR) is 100 cm³/mol. The van der Waals surface area contributed by atoms with Crippen LogP contribution in [0.4, 0.5) is 0 Å². The van der Waals surface area contributed by atoms with Crippen LogP contribution in [0.25, 0.3) is 33.1 Å². The van der Waals surface area contributed by atoms with Crippen LogP contribution in [0.3, 0.4) is 0 Å². The predicted octanol–water partition coefficient (Wildman–Crippen LogP) is 3.01. The molecule has 0 amide bonds. The van der Waals surface area contributed by atoms with Gasteiger partial charge in [0.1, 0.15) is 0 Å². The Hall–Kier alpha value is -3.94. The lowest BCUT2D eigenvalue weighted by molar-refractivity contribution is 0.397. The number of hydrogen-bond acceptors (Lipinski definition) is 8. The number of phenolic OH excluding ortho intramolecular Hbond substituents is 4. The van der Waals surface area contributed by atoms with Gasteiger partial charge in [-0.05, 0) is 49.2 Å². The number of benzene rings is 2. The van der Waals surface area contributed by atoms with Gasteiger partial charge >= 0.3 is 11.3 Å². The number of fused-ring (bicyclic) bond motifs is 2. The minimum absolute atomic E-state index is 0.0571. The molecule has 0 aliphatic heterocycles. The smallest absolute Gasteiger partial charge is 0.344 e. The standard InChI is InChI=1S/C20H14O8/c1-7-9-3-5-11(21)15(23)17(9)27-19(25)13(7)14-8(2)10-4-6-12(22)16(24)18(10)28-20(14)26/h3-6,21-24H,1-2H3. The number of aromatic hydroxyl groups is 4. The molecule has 0 aliphatic rings. The molecule has 28 heavy (non-hydrogen) atoms. The van der Waals surface area contributed by atoms with Crippen LogP contribution in [0, 0.1) is 13.8 Å². The van der Waals surface area contributed by atoms with Gasteiger partial charge < -0.3 is 29.3 Å². The van der Waals surface area contributed by atoms with Gasteiger partial charge in [0, 0.05) is 10.8 Å². The maximum atomic E-state index is 12.7. The molecule has 0 saturated heterocycles. The molecule has 2 aromatic carbocycles. The highest BCUT2D eigenvalue weighted by atomic mass is 16.4. The summed E-state index contributed by atoms with van der Waals surface area (Å²) in [5.41, 5.74) is -1.61. The summed E-state index contributed by atoms with van der Waals surface area (Å²) in [7, 11) is 0. The molecule has 2 aromatic heterocycles. The zero-order chi connectivity index (χ0) is 20.3. The minimum Gasteiger partial charge on any atom is -0.504 e. The Labute approximate surface area is 156 Å². The quantitative estimate of drug-likeness (QED) is 0.291. The van der Waals surface area contributed by atoms with Gasteiger partial charge in [-0.1, -0.05) is 0 Å². The summed E-state index contributed by atoms with van der Waals surface area (Å²) in [5.74, 6) is -2.04. The van der Waals surface area contributed by atoms with E-state index < -0.39 is 34.2 Å². The van der Waals surface area contributed by atoms with Crippen LogP contribution in [0.15, 0.2) is 42.7 Å². The summed E-state index contributed by atoms with van der Waals surface area (Å²) < 4.78 is 10.3. The van der Waals surface area contributed by atoms with Crippen LogP contribution in [-0.2, 0) is 0 Å². The highest BCUT2D eigenvalue weighted by Gasteiger charge is 2.24. The van der Waals surface area contributed by atoms with Crippen molar-refractivity contribution in [3.05, 3.63) is 56.2 Å². The molecular formula is C20H14O8. The van der Waals surface area contributed by atoms with Crippen LogP contribution < -0.4 is 11.3 Å². The molecule has 0 atom stereocenters. The van der Waals surface area contributed by atoms with E-state index >= 15 is 0 Å². The topological polar surface area (TPSA) is 141 Å². The molecule has 0 unspecified atom stereocenters. The van der Waals surface area contributed by atoms with Crippen molar-refractivity contribution in [3.63, 3.8) is 0 Å². The van der Waals surface area contributed by atoms with E-state index in [0.717, 1.165) is 0 Å². The van der Waals surface area contributed by atoms with Gasteiger partial charge in [-0.15, -0.1) is 0 Å². The first kappa shape index (κ1) is 17.5. The number of aryl methyl sites for hydroxylation is 2. The summed E-state index contributed by atoms with van der Waals surface area (Å²) in [5, 5.41) is 39.8. The van der Waals surface area contributed by atoms with Gasteiger partial charge in [-0.25, -0.2) is 9.59 Å². The zero-order valence-corrected chi connectivity index (χ0v) is 14.7. The molecule has 0 bridgehead atoms. The molecule has 4 aromatic rings. The van der Waals surface area contributed by atoms with Gasteiger partial charge in [0.05, 0.1) is 11.1 Å². The fourth-order valence-corrected chi connectivity index (χ4v) is 3.36. The molecule has 2 heterocycles. The fourth-order valence-electron chi connectivity index (χ4n) is 3.36. The van der Waals surface area contributed by atoms with Gasteiger partial charge in [0.25, 0.3) is 0 Å². The average Bonchev–Trinajstić information content (AvgIpc) is 2.64. The first-order chi connectivity index (χ1) is 13.2. The second kappa shape index (κ2) is 5.78. The number of hydrogen-bond donors (Lipinski definition) is 4. The molecule has 4 N–H and O–H groups in total. The first-order valence-corrected chi connectivity index (χ1v) is 8.19. The van der Waals surface area contributed by atoms with Crippen molar-refractivity contribution in [2.75, 3.05) is 0 Å². The van der Waals surface area contributed by atoms with Crippen molar-refractivity contribution < 1.29 is 29.3 Å². The average molecular weight is 382 g/mol. The highest BCUT2D eigenvalue weighted by molar-refractivity contribution is 5.95. The van der Waals surface area contributed by atoms with E-state index in [4.69, 9.17) is 8.83 Å². The molecule has 8 heteroatoms. The maximum absolute atomic E-state index is 12.7. The van der Waals surface area contributed by atoms with Crippen molar-refractivity contribution >= 4 is 21.9 Å². The lowest BCUT2D eigenvalue weighted by atomic mass is 9.95. The van der Waals surface area contributed by atoms with Crippen molar-refractivity contribution in [2.24, 2.45) is 0 Å². The second-order valence-electron chi connectivity index (χ2n) is 6.40. The van der Waals surface area contributed by atoms with Crippen LogP contribution in [0.2, 0.25) is 0 Å². The molecule has 0 saturated carbocycles. The van der Waals surface area contributed by atoms with E-state index in [1.807, 2.05) is 0 Å². The lowest BCUT2D eigenvalue weighted by Crippen LogP contribution is -2.15. The van der Waals surface area contributed by atoms with Gasteiger partial charge in [0.2, 0.25) is 11.5 Å². The lowest BCUT2D eigenvalue weighted by Gasteiger charge is -2.12. The number of rotatable bonds is 1.